The smallest absolute Gasteiger partial charge is 0.243 e. The van der Waals surface area contributed by atoms with Crippen LogP contribution in [0.3, 0.4) is 0 Å². The lowest BCUT2D eigenvalue weighted by atomic mass is 10.1. The van der Waals surface area contributed by atoms with E-state index in [1.807, 2.05) is 25.1 Å². The zero-order valence-corrected chi connectivity index (χ0v) is 23.1. The lowest BCUT2D eigenvalue weighted by Gasteiger charge is -2.22. The molecule has 0 saturated carbocycles. The van der Waals surface area contributed by atoms with E-state index >= 15 is 0 Å². The fourth-order valence-electron chi connectivity index (χ4n) is 3.94. The highest BCUT2D eigenvalue weighted by molar-refractivity contribution is 7.93. The summed E-state index contributed by atoms with van der Waals surface area (Å²) >= 11 is 5.89. The van der Waals surface area contributed by atoms with Crippen LogP contribution in [0.15, 0.2) is 55.0 Å². The monoisotopic (exact) mass is 557 g/mol. The number of rotatable bonds is 10. The van der Waals surface area contributed by atoms with E-state index in [9.17, 15) is 8.42 Å². The molecule has 0 unspecified atom stereocenters. The van der Waals surface area contributed by atoms with Gasteiger partial charge >= 0.3 is 0 Å². The Morgan fingerprint density at radius 1 is 0.921 bits per heavy atom. The first kappa shape index (κ1) is 27.3. The second-order valence-electron chi connectivity index (χ2n) is 8.60. The Morgan fingerprint density at radius 2 is 1.58 bits per heavy atom. The fourth-order valence-corrected chi connectivity index (χ4v) is 5.27. The van der Waals surface area contributed by atoms with Crippen LogP contribution in [0.5, 0.6) is 11.5 Å². The largest absolute Gasteiger partial charge is 0.494 e. The highest BCUT2D eigenvalue weighted by Gasteiger charge is 2.33. The summed E-state index contributed by atoms with van der Waals surface area (Å²) in [5.41, 5.74) is 1.17. The van der Waals surface area contributed by atoms with Crippen molar-refractivity contribution < 1.29 is 17.9 Å². The van der Waals surface area contributed by atoms with Crippen LogP contribution in [0.4, 0.5) is 5.95 Å². The van der Waals surface area contributed by atoms with Gasteiger partial charge in [-0.05, 0) is 38.1 Å². The van der Waals surface area contributed by atoms with E-state index in [0.717, 1.165) is 5.69 Å². The molecular weight excluding hydrogens is 530 g/mol. The van der Waals surface area contributed by atoms with Gasteiger partial charge in [-0.2, -0.15) is 0 Å². The van der Waals surface area contributed by atoms with Gasteiger partial charge in [0.05, 0.1) is 36.1 Å². The van der Waals surface area contributed by atoms with Gasteiger partial charge in [0.1, 0.15) is 28.8 Å². The van der Waals surface area contributed by atoms with Gasteiger partial charge in [-0.1, -0.05) is 30.7 Å². The van der Waals surface area contributed by atoms with Crippen molar-refractivity contribution in [3.05, 3.63) is 77.4 Å². The number of nitrogens with one attached hydrogen (secondary N) is 1. The Labute approximate surface area is 226 Å². The zero-order valence-electron chi connectivity index (χ0n) is 21.5. The predicted octanol–water partition coefficient (Wildman–Crippen LogP) is 4.21. The molecule has 0 spiro atoms. The Balaban J connectivity index is 1.81. The number of sulfonamides is 1. The molecule has 0 aliphatic heterocycles. The van der Waals surface area contributed by atoms with Crippen molar-refractivity contribution in [2.45, 2.75) is 37.9 Å². The molecular formula is C25H28ClN7O4S. The molecule has 0 bridgehead atoms. The second-order valence-corrected chi connectivity index (χ2v) is 11.1. The van der Waals surface area contributed by atoms with E-state index in [1.165, 1.54) is 26.6 Å². The number of hydrogen-bond donors (Lipinski definition) is 1. The van der Waals surface area contributed by atoms with Crippen LogP contribution in [0.2, 0.25) is 5.02 Å². The first-order chi connectivity index (χ1) is 18.2. The topological polar surface area (TPSA) is 134 Å². The normalized spacial score (nSPS) is 13.9. The SMILES string of the molecule is COc1cccc(OC)c1-n1c(NS(=O)(=O)[C@@H](C)[C@H](C)c2ncc(Cl)cn2)nnc1[C@H](C)c1ccccn1. The molecule has 1 aromatic carbocycles. The molecule has 0 fully saturated rings. The minimum atomic E-state index is -4.00. The lowest BCUT2D eigenvalue weighted by molar-refractivity contribution is 0.390. The van der Waals surface area contributed by atoms with Crippen molar-refractivity contribution in [3.8, 4) is 17.2 Å². The van der Waals surface area contributed by atoms with E-state index < -0.39 is 21.2 Å². The highest BCUT2D eigenvalue weighted by Crippen LogP contribution is 2.38. The van der Waals surface area contributed by atoms with E-state index in [-0.39, 0.29) is 11.9 Å². The van der Waals surface area contributed by atoms with E-state index in [1.54, 1.807) is 42.8 Å². The molecule has 4 rings (SSSR count). The summed E-state index contributed by atoms with van der Waals surface area (Å²) in [5.74, 6) is 0.742. The molecule has 11 nitrogen and oxygen atoms in total. The minimum absolute atomic E-state index is 0.0262. The van der Waals surface area contributed by atoms with Crippen molar-refractivity contribution in [1.82, 2.24) is 29.7 Å². The Hall–Kier alpha value is -3.77. The molecule has 3 atom stereocenters. The Bertz CT molecular complexity index is 1480. The maximum atomic E-state index is 13.6. The molecule has 3 heterocycles. The van der Waals surface area contributed by atoms with Crippen LogP contribution >= 0.6 is 11.6 Å². The number of nitrogens with zero attached hydrogens (tertiary/aromatic N) is 6. The van der Waals surface area contributed by atoms with Crippen molar-refractivity contribution in [1.29, 1.82) is 0 Å². The van der Waals surface area contributed by atoms with Crippen molar-refractivity contribution in [2.24, 2.45) is 0 Å². The highest BCUT2D eigenvalue weighted by atomic mass is 35.5. The molecule has 1 N–H and O–H groups in total. The van der Waals surface area contributed by atoms with E-state index in [2.05, 4.69) is 29.9 Å². The Kier molecular flexibility index (Phi) is 8.12. The maximum Gasteiger partial charge on any atom is 0.243 e. The number of aromatic nitrogens is 6. The average Bonchev–Trinajstić information content (AvgIpc) is 3.34. The molecule has 0 aliphatic carbocycles. The standard InChI is InChI=1S/C25H28ClN7O4S/c1-15(23-28-13-18(26)14-29-23)17(3)38(34,35)32-25-31-30-24(16(2)19-9-6-7-12-27-19)33(25)22-20(36-4)10-8-11-21(22)37-5/h6-17H,1-5H3,(H,31,32)/t15-,16+,17-/m0/s1. The van der Waals surface area contributed by atoms with Crippen LogP contribution in [-0.2, 0) is 10.0 Å². The van der Waals surface area contributed by atoms with E-state index in [0.29, 0.717) is 33.9 Å². The molecule has 4 aromatic rings. The van der Waals surface area contributed by atoms with Crippen LogP contribution in [0.25, 0.3) is 5.69 Å². The number of ether oxygens (including phenoxy) is 2. The number of para-hydroxylation sites is 1. The van der Waals surface area contributed by atoms with Gasteiger partial charge in [-0.25, -0.2) is 18.4 Å². The van der Waals surface area contributed by atoms with Crippen molar-refractivity contribution in [2.75, 3.05) is 18.9 Å². The summed E-state index contributed by atoms with van der Waals surface area (Å²) in [6, 6.07) is 10.8. The zero-order chi connectivity index (χ0) is 27.4. The van der Waals surface area contributed by atoms with Gasteiger partial charge in [0, 0.05) is 24.5 Å². The lowest BCUT2D eigenvalue weighted by Crippen LogP contribution is -2.31. The van der Waals surface area contributed by atoms with Crippen LogP contribution in [0.1, 0.15) is 49.9 Å². The van der Waals surface area contributed by atoms with Crippen LogP contribution < -0.4 is 14.2 Å². The summed E-state index contributed by atoms with van der Waals surface area (Å²) in [6.07, 6.45) is 4.55. The quantitative estimate of drug-likeness (QED) is 0.304. The number of halogens is 1. The third-order valence-corrected chi connectivity index (χ3v) is 8.36. The third-order valence-electron chi connectivity index (χ3n) is 6.31. The van der Waals surface area contributed by atoms with Gasteiger partial charge in [-0.15, -0.1) is 10.2 Å². The van der Waals surface area contributed by atoms with Gasteiger partial charge in [-0.3, -0.25) is 14.3 Å². The first-order valence-electron chi connectivity index (χ1n) is 11.7. The number of hydrogen-bond acceptors (Lipinski definition) is 9. The summed E-state index contributed by atoms with van der Waals surface area (Å²) in [5, 5.41) is 8.05. The Morgan fingerprint density at radius 3 is 2.16 bits per heavy atom. The number of anilines is 1. The van der Waals surface area contributed by atoms with Gasteiger partial charge in [0.2, 0.25) is 16.0 Å². The van der Waals surface area contributed by atoms with Crippen molar-refractivity contribution >= 4 is 27.6 Å². The molecule has 0 saturated heterocycles. The first-order valence-corrected chi connectivity index (χ1v) is 13.7. The average molecular weight is 558 g/mol. The summed E-state index contributed by atoms with van der Waals surface area (Å²) in [6.45, 7) is 5.22. The molecule has 3 aromatic heterocycles. The number of benzene rings is 1. The van der Waals surface area contributed by atoms with Crippen molar-refractivity contribution in [3.63, 3.8) is 0 Å². The number of methoxy groups -OCH3 is 2. The van der Waals surface area contributed by atoms with E-state index in [4.69, 9.17) is 21.1 Å². The molecule has 0 aliphatic rings. The van der Waals surface area contributed by atoms with Crippen LogP contribution in [-0.4, -0.2) is 57.6 Å². The summed E-state index contributed by atoms with van der Waals surface area (Å²) in [7, 11) is -0.965. The molecule has 0 amide bonds. The predicted molar refractivity (Wildman–Crippen MR) is 144 cm³/mol. The maximum absolute atomic E-state index is 13.6. The molecule has 38 heavy (non-hydrogen) atoms. The molecule has 13 heteroatoms. The summed E-state index contributed by atoms with van der Waals surface area (Å²) in [4.78, 5) is 12.8. The fraction of sp³-hybridized carbons (Fsp3) is 0.320. The molecule has 0 radical (unpaired) electrons. The van der Waals surface area contributed by atoms with Gasteiger partial charge < -0.3 is 9.47 Å². The van der Waals surface area contributed by atoms with Crippen LogP contribution in [0, 0.1) is 0 Å². The number of pyridine rings is 1. The summed E-state index contributed by atoms with van der Waals surface area (Å²) < 4.78 is 42.6. The molecule has 200 valence electrons. The van der Waals surface area contributed by atoms with Gasteiger partial charge in [0.25, 0.3) is 0 Å². The second kappa shape index (κ2) is 11.3. The minimum Gasteiger partial charge on any atom is -0.494 e. The third kappa shape index (κ3) is 5.41. The van der Waals surface area contributed by atoms with Gasteiger partial charge in [0.15, 0.2) is 0 Å².